The van der Waals surface area contributed by atoms with E-state index in [2.05, 4.69) is 5.32 Å². The van der Waals surface area contributed by atoms with Crippen molar-refractivity contribution in [2.45, 2.75) is 80.9 Å². The van der Waals surface area contributed by atoms with Crippen molar-refractivity contribution in [1.82, 2.24) is 0 Å². The summed E-state index contributed by atoms with van der Waals surface area (Å²) in [6.07, 6.45) is 11.5. The number of amides is 1. The van der Waals surface area contributed by atoms with Crippen LogP contribution in [0.2, 0.25) is 5.02 Å². The Hall–Kier alpha value is -1.89. The second kappa shape index (κ2) is 16.7. The van der Waals surface area contributed by atoms with Crippen molar-refractivity contribution in [3.8, 4) is 0 Å². The Morgan fingerprint density at radius 1 is 0.800 bits per heavy atom. The van der Waals surface area contributed by atoms with E-state index in [1.165, 1.54) is 25.7 Å². The molecule has 0 aliphatic heterocycles. The molecule has 0 radical (unpaired) electrons. The third-order valence-electron chi connectivity index (χ3n) is 5.79. The number of hydrogen-bond donors (Lipinski definition) is 2. The molecule has 0 fully saturated rings. The Morgan fingerprint density at radius 2 is 1.31 bits per heavy atom. The summed E-state index contributed by atoms with van der Waals surface area (Å²) in [5, 5.41) is 11.4. The zero-order chi connectivity index (χ0) is 25.5. The molecule has 1 amide bonds. The number of benzene rings is 2. The number of nitrogens with one attached hydrogen (secondary N) is 1. The van der Waals surface area contributed by atoms with Gasteiger partial charge in [-0.15, -0.1) is 11.6 Å². The molecule has 8 heteroatoms. The number of carboxylic acids is 1. The van der Waals surface area contributed by atoms with E-state index < -0.39 is 22.1 Å². The first-order valence-electron chi connectivity index (χ1n) is 12.3. The van der Waals surface area contributed by atoms with Gasteiger partial charge in [0.1, 0.15) is 5.38 Å². The van der Waals surface area contributed by atoms with Crippen LogP contribution >= 0.6 is 23.2 Å². The molecule has 0 aliphatic rings. The lowest BCUT2D eigenvalue weighted by Gasteiger charge is -2.07. The fraction of sp³-hybridized carbons (Fsp3) is 0.481. The predicted octanol–water partition coefficient (Wildman–Crippen LogP) is 7.68. The van der Waals surface area contributed by atoms with E-state index >= 15 is 0 Å². The summed E-state index contributed by atoms with van der Waals surface area (Å²) in [6, 6.07) is 13.9. The number of carbonyl (C=O) groups excluding carboxylic acids is 1. The van der Waals surface area contributed by atoms with Crippen LogP contribution in [0.25, 0.3) is 0 Å². The normalized spacial score (nSPS) is 12.7. The van der Waals surface area contributed by atoms with Crippen LogP contribution < -0.4 is 5.32 Å². The Bertz CT molecular complexity index is 935. The molecule has 0 spiro atoms. The number of aliphatic carboxylic acids is 1. The lowest BCUT2D eigenvalue weighted by Crippen LogP contribution is -2.12. The number of carboxylic acid groups (broad SMARTS) is 1. The first-order chi connectivity index (χ1) is 16.9. The van der Waals surface area contributed by atoms with Gasteiger partial charge in [0.05, 0.1) is 10.8 Å². The SMILES string of the molecule is O=C(Nc1ccc(S(=O)CCCCCCCCCCCCC(Cl)C(=O)O)cc1)c1ccc(Cl)cc1. The van der Waals surface area contributed by atoms with Crippen LogP contribution in [-0.2, 0) is 15.6 Å². The highest BCUT2D eigenvalue weighted by molar-refractivity contribution is 7.85. The fourth-order valence-electron chi connectivity index (χ4n) is 3.71. The van der Waals surface area contributed by atoms with Crippen molar-refractivity contribution in [2.24, 2.45) is 0 Å². The highest BCUT2D eigenvalue weighted by Gasteiger charge is 2.12. The summed E-state index contributed by atoms with van der Waals surface area (Å²) < 4.78 is 12.5. The van der Waals surface area contributed by atoms with Crippen LogP contribution in [-0.4, -0.2) is 32.3 Å². The number of halogens is 2. The van der Waals surface area contributed by atoms with Crippen LogP contribution in [0.1, 0.15) is 81.0 Å². The zero-order valence-electron chi connectivity index (χ0n) is 20.0. The van der Waals surface area contributed by atoms with Crippen molar-refractivity contribution >= 4 is 51.6 Å². The van der Waals surface area contributed by atoms with E-state index in [0.29, 0.717) is 28.4 Å². The lowest BCUT2D eigenvalue weighted by molar-refractivity contribution is -0.136. The molecule has 0 saturated carbocycles. The number of carbonyl (C=O) groups is 2. The standard InChI is InChI=1S/C27H35Cl2NO4S/c28-22-14-12-21(13-15-22)26(31)30-23-16-18-24(19-17-23)35(34)20-10-8-6-4-2-1-3-5-7-9-11-25(29)27(32)33/h12-19,25H,1-11,20H2,(H,30,31)(H,32,33). The third-order valence-corrected chi connectivity index (χ3v) is 7.90. The van der Waals surface area contributed by atoms with E-state index in [9.17, 15) is 13.8 Å². The van der Waals surface area contributed by atoms with Gasteiger partial charge >= 0.3 is 5.97 Å². The molecule has 35 heavy (non-hydrogen) atoms. The van der Waals surface area contributed by atoms with Gasteiger partial charge in [0.2, 0.25) is 0 Å². The molecule has 5 nitrogen and oxygen atoms in total. The van der Waals surface area contributed by atoms with Gasteiger partial charge in [0.15, 0.2) is 0 Å². The number of alkyl halides is 1. The highest BCUT2D eigenvalue weighted by Crippen LogP contribution is 2.17. The van der Waals surface area contributed by atoms with Crippen molar-refractivity contribution in [3.63, 3.8) is 0 Å². The monoisotopic (exact) mass is 539 g/mol. The molecule has 0 aromatic heterocycles. The van der Waals surface area contributed by atoms with Gasteiger partial charge in [-0.3, -0.25) is 13.8 Å². The average molecular weight is 541 g/mol. The van der Waals surface area contributed by atoms with Gasteiger partial charge in [0, 0.05) is 26.9 Å². The van der Waals surface area contributed by atoms with Crippen LogP contribution in [0, 0.1) is 0 Å². The predicted molar refractivity (Wildman–Crippen MR) is 145 cm³/mol. The number of hydrogen-bond acceptors (Lipinski definition) is 3. The maximum Gasteiger partial charge on any atom is 0.321 e. The summed E-state index contributed by atoms with van der Waals surface area (Å²) in [6.45, 7) is 0. The van der Waals surface area contributed by atoms with Gasteiger partial charge in [-0.25, -0.2) is 0 Å². The van der Waals surface area contributed by atoms with E-state index in [0.717, 1.165) is 43.4 Å². The maximum absolute atomic E-state index is 12.5. The van der Waals surface area contributed by atoms with E-state index in [1.807, 2.05) is 12.1 Å². The molecule has 2 atom stereocenters. The largest absolute Gasteiger partial charge is 0.480 e. The molecular weight excluding hydrogens is 505 g/mol. The summed E-state index contributed by atoms with van der Waals surface area (Å²) in [4.78, 5) is 23.7. The number of anilines is 1. The van der Waals surface area contributed by atoms with Crippen LogP contribution in [0.3, 0.4) is 0 Å². The van der Waals surface area contributed by atoms with E-state index in [4.69, 9.17) is 28.3 Å². The van der Waals surface area contributed by atoms with Crippen molar-refractivity contribution in [1.29, 1.82) is 0 Å². The molecule has 0 heterocycles. The Balaban J connectivity index is 1.51. The molecule has 192 valence electrons. The minimum atomic E-state index is -1.04. The molecule has 2 rings (SSSR count). The van der Waals surface area contributed by atoms with Gasteiger partial charge in [-0.2, -0.15) is 0 Å². The van der Waals surface area contributed by atoms with Crippen molar-refractivity contribution in [2.75, 3.05) is 11.1 Å². The molecule has 0 saturated heterocycles. The fourth-order valence-corrected chi connectivity index (χ4v) is 5.13. The zero-order valence-corrected chi connectivity index (χ0v) is 22.3. The first-order valence-corrected chi connectivity index (χ1v) is 14.4. The molecule has 2 unspecified atom stereocenters. The second-order valence-electron chi connectivity index (χ2n) is 8.67. The van der Waals surface area contributed by atoms with Gasteiger partial charge in [-0.05, 0) is 61.4 Å². The van der Waals surface area contributed by atoms with E-state index in [-0.39, 0.29) is 5.91 Å². The number of rotatable bonds is 17. The van der Waals surface area contributed by atoms with Gasteiger partial charge < -0.3 is 10.4 Å². The smallest absolute Gasteiger partial charge is 0.321 e. The van der Waals surface area contributed by atoms with Gasteiger partial charge in [-0.1, -0.05) is 69.4 Å². The van der Waals surface area contributed by atoms with Crippen molar-refractivity contribution < 1.29 is 18.9 Å². The third kappa shape index (κ3) is 12.1. The lowest BCUT2D eigenvalue weighted by atomic mass is 10.1. The van der Waals surface area contributed by atoms with Crippen molar-refractivity contribution in [3.05, 3.63) is 59.1 Å². The van der Waals surface area contributed by atoms with Crippen LogP contribution in [0.5, 0.6) is 0 Å². The topological polar surface area (TPSA) is 83.5 Å². The van der Waals surface area contributed by atoms with Gasteiger partial charge in [0.25, 0.3) is 5.91 Å². The summed E-state index contributed by atoms with van der Waals surface area (Å²) >= 11 is 11.6. The minimum Gasteiger partial charge on any atom is -0.480 e. The quantitative estimate of drug-likeness (QED) is 0.159. The molecular formula is C27H35Cl2NO4S. The minimum absolute atomic E-state index is 0.212. The number of unbranched alkanes of at least 4 members (excludes halogenated alkanes) is 9. The molecule has 0 bridgehead atoms. The van der Waals surface area contributed by atoms with Crippen LogP contribution in [0.4, 0.5) is 5.69 Å². The second-order valence-corrected chi connectivity index (χ2v) is 11.2. The molecule has 0 aliphatic carbocycles. The highest BCUT2D eigenvalue weighted by atomic mass is 35.5. The molecule has 2 aromatic carbocycles. The Kier molecular flexibility index (Phi) is 14.0. The summed E-state index contributed by atoms with van der Waals surface area (Å²) in [5.41, 5.74) is 1.19. The summed E-state index contributed by atoms with van der Waals surface area (Å²) in [5.74, 6) is -0.491. The summed E-state index contributed by atoms with van der Waals surface area (Å²) in [7, 11) is -1.04. The average Bonchev–Trinajstić information content (AvgIpc) is 2.85. The first kappa shape index (κ1) is 29.3. The maximum atomic E-state index is 12.5. The molecule has 2 N–H and O–H groups in total. The Labute approximate surface area is 221 Å². The molecule has 2 aromatic rings. The van der Waals surface area contributed by atoms with Crippen LogP contribution in [0.15, 0.2) is 53.4 Å². The van der Waals surface area contributed by atoms with E-state index in [1.54, 1.807) is 36.4 Å². The Morgan fingerprint density at radius 3 is 1.86 bits per heavy atom.